The maximum atomic E-state index is 5.87. The van der Waals surface area contributed by atoms with Crippen molar-refractivity contribution in [1.29, 1.82) is 0 Å². The van der Waals surface area contributed by atoms with E-state index in [1.165, 1.54) is 0 Å². The summed E-state index contributed by atoms with van der Waals surface area (Å²) in [6, 6.07) is 6.04. The first-order valence-electron chi connectivity index (χ1n) is 6.67. The third-order valence-corrected chi connectivity index (χ3v) is 3.26. The van der Waals surface area contributed by atoms with Gasteiger partial charge in [0, 0.05) is 17.9 Å². The highest BCUT2D eigenvalue weighted by Crippen LogP contribution is 2.31. The predicted molar refractivity (Wildman–Crippen MR) is 83.4 cm³/mol. The van der Waals surface area contributed by atoms with Crippen LogP contribution in [-0.4, -0.2) is 32.3 Å². The van der Waals surface area contributed by atoms with Gasteiger partial charge >= 0.3 is 0 Å². The van der Waals surface area contributed by atoms with E-state index in [0.29, 0.717) is 12.5 Å². The van der Waals surface area contributed by atoms with Crippen molar-refractivity contribution in [2.24, 2.45) is 5.92 Å². The lowest BCUT2D eigenvalue weighted by atomic mass is 10.1. The van der Waals surface area contributed by atoms with Crippen molar-refractivity contribution < 1.29 is 9.47 Å². The van der Waals surface area contributed by atoms with E-state index in [0.717, 1.165) is 35.9 Å². The summed E-state index contributed by atoms with van der Waals surface area (Å²) in [6.07, 6.45) is 2.08. The highest BCUT2D eigenvalue weighted by Gasteiger charge is 2.10. The van der Waals surface area contributed by atoms with Gasteiger partial charge < -0.3 is 14.8 Å². The Morgan fingerprint density at radius 1 is 1.32 bits per heavy atom. The Kier molecular flexibility index (Phi) is 7.75. The highest BCUT2D eigenvalue weighted by molar-refractivity contribution is 7.98. The van der Waals surface area contributed by atoms with Gasteiger partial charge in [-0.1, -0.05) is 26.0 Å². The zero-order chi connectivity index (χ0) is 14.1. The summed E-state index contributed by atoms with van der Waals surface area (Å²) in [5.41, 5.74) is 1.15. The normalized spacial score (nSPS) is 10.8. The zero-order valence-electron chi connectivity index (χ0n) is 12.4. The van der Waals surface area contributed by atoms with Crippen molar-refractivity contribution in [3.05, 3.63) is 23.8 Å². The van der Waals surface area contributed by atoms with Crippen LogP contribution in [0.2, 0.25) is 0 Å². The van der Waals surface area contributed by atoms with Gasteiger partial charge in [0.1, 0.15) is 0 Å². The van der Waals surface area contributed by atoms with Gasteiger partial charge in [0.15, 0.2) is 11.5 Å². The molecule has 0 unspecified atom stereocenters. The van der Waals surface area contributed by atoms with Gasteiger partial charge in [-0.2, -0.15) is 11.8 Å². The topological polar surface area (TPSA) is 30.5 Å². The molecular formula is C15H25NO2S. The third kappa shape index (κ3) is 5.74. The summed E-state index contributed by atoms with van der Waals surface area (Å²) in [7, 11) is 1.68. The van der Waals surface area contributed by atoms with Crippen molar-refractivity contribution >= 4 is 11.8 Å². The first kappa shape index (κ1) is 16.2. The molecule has 0 radical (unpaired) electrons. The average Bonchev–Trinajstić information content (AvgIpc) is 2.39. The fourth-order valence-electron chi connectivity index (χ4n) is 1.75. The number of thioether (sulfide) groups is 1. The Labute approximate surface area is 121 Å². The van der Waals surface area contributed by atoms with Crippen LogP contribution in [0, 0.1) is 5.92 Å². The molecule has 0 spiro atoms. The lowest BCUT2D eigenvalue weighted by Gasteiger charge is -2.16. The SMILES string of the molecule is COc1cccc(CNCC(C)C)c1OCCSC. The Bertz CT molecular complexity index is 369. The second-order valence-corrected chi connectivity index (χ2v) is 5.80. The third-order valence-electron chi connectivity index (χ3n) is 2.68. The molecule has 0 fully saturated rings. The molecule has 0 saturated carbocycles. The molecule has 0 aliphatic carbocycles. The van der Waals surface area contributed by atoms with Gasteiger partial charge in [0.25, 0.3) is 0 Å². The average molecular weight is 283 g/mol. The van der Waals surface area contributed by atoms with E-state index >= 15 is 0 Å². The summed E-state index contributed by atoms with van der Waals surface area (Å²) >= 11 is 1.78. The molecule has 1 rings (SSSR count). The largest absolute Gasteiger partial charge is 0.493 e. The molecule has 1 aromatic rings. The maximum Gasteiger partial charge on any atom is 0.165 e. The lowest BCUT2D eigenvalue weighted by molar-refractivity contribution is 0.309. The Morgan fingerprint density at radius 2 is 2.11 bits per heavy atom. The van der Waals surface area contributed by atoms with Crippen LogP contribution in [-0.2, 0) is 6.54 Å². The Morgan fingerprint density at radius 3 is 2.74 bits per heavy atom. The van der Waals surface area contributed by atoms with E-state index in [1.807, 2.05) is 12.1 Å². The molecule has 0 aromatic heterocycles. The van der Waals surface area contributed by atoms with E-state index in [-0.39, 0.29) is 0 Å². The van der Waals surface area contributed by atoms with Crippen LogP contribution in [0.15, 0.2) is 18.2 Å². The van der Waals surface area contributed by atoms with Crippen molar-refractivity contribution in [2.45, 2.75) is 20.4 Å². The molecule has 0 bridgehead atoms. The second-order valence-electron chi connectivity index (χ2n) is 4.81. The van der Waals surface area contributed by atoms with Crippen LogP contribution in [0.1, 0.15) is 19.4 Å². The first-order valence-corrected chi connectivity index (χ1v) is 8.06. The van der Waals surface area contributed by atoms with Crippen molar-refractivity contribution in [3.63, 3.8) is 0 Å². The monoisotopic (exact) mass is 283 g/mol. The highest BCUT2D eigenvalue weighted by atomic mass is 32.2. The van der Waals surface area contributed by atoms with E-state index in [1.54, 1.807) is 18.9 Å². The van der Waals surface area contributed by atoms with E-state index in [4.69, 9.17) is 9.47 Å². The van der Waals surface area contributed by atoms with Crippen LogP contribution in [0.5, 0.6) is 11.5 Å². The molecule has 19 heavy (non-hydrogen) atoms. The zero-order valence-corrected chi connectivity index (χ0v) is 13.2. The van der Waals surface area contributed by atoms with Crippen LogP contribution < -0.4 is 14.8 Å². The number of hydrogen-bond donors (Lipinski definition) is 1. The fraction of sp³-hybridized carbons (Fsp3) is 0.600. The molecule has 3 nitrogen and oxygen atoms in total. The van der Waals surface area contributed by atoms with Crippen molar-refractivity contribution in [3.8, 4) is 11.5 Å². The van der Waals surface area contributed by atoms with Crippen LogP contribution >= 0.6 is 11.8 Å². The van der Waals surface area contributed by atoms with Crippen LogP contribution in [0.25, 0.3) is 0 Å². The lowest BCUT2D eigenvalue weighted by Crippen LogP contribution is -2.19. The summed E-state index contributed by atoms with van der Waals surface area (Å²) < 4.78 is 11.3. The molecule has 4 heteroatoms. The first-order chi connectivity index (χ1) is 9.19. The summed E-state index contributed by atoms with van der Waals surface area (Å²) in [6.45, 7) is 6.92. The van der Waals surface area contributed by atoms with Crippen molar-refractivity contribution in [1.82, 2.24) is 5.32 Å². The molecule has 108 valence electrons. The number of rotatable bonds is 9. The molecule has 1 aromatic carbocycles. The van der Waals surface area contributed by atoms with Crippen LogP contribution in [0.3, 0.4) is 0 Å². The number of para-hydroxylation sites is 1. The number of nitrogens with one attached hydrogen (secondary N) is 1. The van der Waals surface area contributed by atoms with Gasteiger partial charge in [-0.15, -0.1) is 0 Å². The summed E-state index contributed by atoms with van der Waals surface area (Å²) in [4.78, 5) is 0. The standard InChI is InChI=1S/C15H25NO2S/c1-12(2)10-16-11-13-6-5-7-14(17-3)15(13)18-8-9-19-4/h5-7,12,16H,8-11H2,1-4H3. The molecule has 0 atom stereocenters. The molecular weight excluding hydrogens is 258 g/mol. The van der Waals surface area contributed by atoms with Gasteiger partial charge in [-0.25, -0.2) is 0 Å². The molecule has 1 N–H and O–H groups in total. The molecule has 0 amide bonds. The Hall–Kier alpha value is -0.870. The van der Waals surface area contributed by atoms with Crippen LogP contribution in [0.4, 0.5) is 0 Å². The minimum Gasteiger partial charge on any atom is -0.493 e. The second kappa shape index (κ2) is 9.10. The summed E-state index contributed by atoms with van der Waals surface area (Å²) in [5, 5.41) is 3.44. The number of hydrogen-bond acceptors (Lipinski definition) is 4. The van der Waals surface area contributed by atoms with Gasteiger partial charge in [0.05, 0.1) is 13.7 Å². The Balaban J connectivity index is 2.71. The molecule has 0 heterocycles. The van der Waals surface area contributed by atoms with Gasteiger partial charge in [0.2, 0.25) is 0 Å². The van der Waals surface area contributed by atoms with E-state index in [9.17, 15) is 0 Å². The van der Waals surface area contributed by atoms with Crippen molar-refractivity contribution in [2.75, 3.05) is 32.3 Å². The molecule has 0 aliphatic heterocycles. The number of benzene rings is 1. The van der Waals surface area contributed by atoms with E-state index in [2.05, 4.69) is 31.5 Å². The number of methoxy groups -OCH3 is 1. The smallest absolute Gasteiger partial charge is 0.165 e. The number of ether oxygens (including phenoxy) is 2. The van der Waals surface area contributed by atoms with E-state index < -0.39 is 0 Å². The van der Waals surface area contributed by atoms with Gasteiger partial charge in [-0.05, 0) is 24.8 Å². The maximum absolute atomic E-state index is 5.87. The fourth-order valence-corrected chi connectivity index (χ4v) is 2.00. The minimum atomic E-state index is 0.645. The quantitative estimate of drug-likeness (QED) is 0.705. The molecule has 0 aliphatic rings. The molecule has 0 saturated heterocycles. The predicted octanol–water partition coefficient (Wildman–Crippen LogP) is 3.18. The van der Waals surface area contributed by atoms with Gasteiger partial charge in [-0.3, -0.25) is 0 Å². The summed E-state index contributed by atoms with van der Waals surface area (Å²) in [5.74, 6) is 3.31. The minimum absolute atomic E-state index is 0.645.